The van der Waals surface area contributed by atoms with Gasteiger partial charge in [0.25, 0.3) is 0 Å². The highest BCUT2D eigenvalue weighted by molar-refractivity contribution is 6.13. The van der Waals surface area contributed by atoms with Gasteiger partial charge in [-0.15, -0.1) is 0 Å². The second-order valence-corrected chi connectivity index (χ2v) is 20.4. The molecule has 0 saturated heterocycles. The van der Waals surface area contributed by atoms with Crippen LogP contribution in [0.25, 0.3) is 143 Å². The van der Waals surface area contributed by atoms with Gasteiger partial charge in [0.15, 0.2) is 0 Å². The molecule has 2 nitrogen and oxygen atoms in total. The molecular formula is C76H50N2. The summed E-state index contributed by atoms with van der Waals surface area (Å²) in [7, 11) is 0. The zero-order valence-electron chi connectivity index (χ0n) is 42.8. The lowest BCUT2D eigenvalue weighted by Gasteiger charge is -2.09. The molecule has 0 aliphatic rings. The highest BCUT2D eigenvalue weighted by atomic mass is 15.0. The van der Waals surface area contributed by atoms with Gasteiger partial charge < -0.3 is 9.13 Å². The predicted octanol–water partition coefficient (Wildman–Crippen LogP) is 20.8. The molecule has 0 amide bonds. The zero-order chi connectivity index (χ0) is 51.5. The molecule has 0 bridgehead atoms. The average molecular weight is 991 g/mol. The highest BCUT2D eigenvalue weighted by Crippen LogP contribution is 2.39. The van der Waals surface area contributed by atoms with Crippen molar-refractivity contribution in [3.8, 4) is 55.9 Å². The average Bonchev–Trinajstić information content (AvgIpc) is 4.21. The Kier molecular flexibility index (Phi) is 10.9. The fraction of sp³-hybridized carbons (Fsp3) is 0. The molecule has 78 heavy (non-hydrogen) atoms. The molecule has 364 valence electrons. The number of hydrogen-bond acceptors (Lipinski definition) is 0. The quantitative estimate of drug-likeness (QED) is 0.147. The van der Waals surface area contributed by atoms with Crippen molar-refractivity contribution in [2.24, 2.45) is 0 Å². The first-order valence-corrected chi connectivity index (χ1v) is 26.9. The van der Waals surface area contributed by atoms with Gasteiger partial charge >= 0.3 is 0 Å². The first-order chi connectivity index (χ1) is 38.7. The van der Waals surface area contributed by atoms with Crippen molar-refractivity contribution in [1.82, 2.24) is 9.13 Å². The zero-order valence-corrected chi connectivity index (χ0v) is 42.8. The van der Waals surface area contributed by atoms with Crippen LogP contribution in [0.3, 0.4) is 0 Å². The Morgan fingerprint density at radius 2 is 0.449 bits per heavy atom. The standard InChI is InChI=1S/2C38H25N/c1-2-9-32(10-3-1)39-37-13-7-6-12-35(37)36-25-30(21-23-38(36)39)27-16-14-26(15-17-27)29-20-22-34-31(24-29)19-18-28-8-4-5-11-33(28)34;1-2-9-32(10-3-1)39-37-13-7-6-12-34(37)36-25-31(22-23-38(36)39)27-16-14-26(15-17-27)30-21-20-29-19-18-28-8-4-5-11-33(28)35(29)24-30/h2*1-25H. The second-order valence-electron chi connectivity index (χ2n) is 20.4. The number of para-hydroxylation sites is 4. The van der Waals surface area contributed by atoms with Crippen LogP contribution in [0.15, 0.2) is 303 Å². The fourth-order valence-electron chi connectivity index (χ4n) is 12.1. The minimum absolute atomic E-state index is 1.18. The third-order valence-corrected chi connectivity index (χ3v) is 16.0. The Morgan fingerprint density at radius 3 is 0.936 bits per heavy atom. The molecule has 14 aromatic carbocycles. The second kappa shape index (κ2) is 18.8. The number of nitrogens with zero attached hydrogens (tertiary/aromatic N) is 2. The minimum atomic E-state index is 1.18. The Morgan fingerprint density at radius 1 is 0.154 bits per heavy atom. The lowest BCUT2D eigenvalue weighted by molar-refractivity contribution is 1.18. The molecule has 0 fully saturated rings. The van der Waals surface area contributed by atoms with E-state index in [4.69, 9.17) is 0 Å². The number of fused-ring (bicyclic) bond motifs is 12. The SMILES string of the molecule is c1ccc(-n2c3ccccc3c3cc(-c4ccc(-c5ccc6c(ccc7ccccc76)c5)cc4)ccc32)cc1.c1ccc(-n2c3ccccc3c3cc(-c4ccc(-c5ccc6ccc7ccccc7c6c5)cc4)ccc32)cc1. The molecule has 2 heteroatoms. The number of hydrogen-bond donors (Lipinski definition) is 0. The van der Waals surface area contributed by atoms with Gasteiger partial charge in [0.05, 0.1) is 22.1 Å². The van der Waals surface area contributed by atoms with E-state index >= 15 is 0 Å². The maximum Gasteiger partial charge on any atom is 0.0541 e. The maximum atomic E-state index is 2.36. The van der Waals surface area contributed by atoms with E-state index in [2.05, 4.69) is 312 Å². The van der Waals surface area contributed by atoms with E-state index in [1.54, 1.807) is 0 Å². The molecule has 0 radical (unpaired) electrons. The molecule has 0 aliphatic heterocycles. The number of benzene rings is 14. The van der Waals surface area contributed by atoms with Crippen molar-refractivity contribution >= 4 is 86.7 Å². The summed E-state index contributed by atoms with van der Waals surface area (Å²) in [5, 5.41) is 15.4. The van der Waals surface area contributed by atoms with E-state index in [1.165, 1.54) is 143 Å². The molecule has 0 spiro atoms. The van der Waals surface area contributed by atoms with Crippen molar-refractivity contribution in [3.63, 3.8) is 0 Å². The third-order valence-electron chi connectivity index (χ3n) is 16.0. The van der Waals surface area contributed by atoms with Gasteiger partial charge in [0, 0.05) is 32.9 Å². The maximum absolute atomic E-state index is 2.36. The van der Waals surface area contributed by atoms with Crippen molar-refractivity contribution < 1.29 is 0 Å². The third kappa shape index (κ3) is 7.81. The van der Waals surface area contributed by atoms with Gasteiger partial charge in [0.2, 0.25) is 0 Å². The first kappa shape index (κ1) is 45.1. The van der Waals surface area contributed by atoms with Gasteiger partial charge in [-0.1, -0.05) is 231 Å². The van der Waals surface area contributed by atoms with E-state index in [-0.39, 0.29) is 0 Å². The summed E-state index contributed by atoms with van der Waals surface area (Å²) in [5.41, 5.74) is 17.1. The van der Waals surface area contributed by atoms with E-state index in [0.29, 0.717) is 0 Å². The van der Waals surface area contributed by atoms with Crippen LogP contribution in [0.2, 0.25) is 0 Å². The summed E-state index contributed by atoms with van der Waals surface area (Å²) < 4.78 is 4.72. The molecule has 0 unspecified atom stereocenters. The van der Waals surface area contributed by atoms with Crippen LogP contribution in [-0.4, -0.2) is 9.13 Å². The Bertz CT molecular complexity index is 4930. The monoisotopic (exact) mass is 990 g/mol. The van der Waals surface area contributed by atoms with Crippen molar-refractivity contribution in [3.05, 3.63) is 303 Å². The molecule has 0 atom stereocenters. The molecule has 16 rings (SSSR count). The topological polar surface area (TPSA) is 9.86 Å². The summed E-state index contributed by atoms with van der Waals surface area (Å²) in [6.07, 6.45) is 0. The lowest BCUT2D eigenvalue weighted by atomic mass is 9.95. The van der Waals surface area contributed by atoms with Crippen LogP contribution >= 0.6 is 0 Å². The van der Waals surface area contributed by atoms with Gasteiger partial charge in [-0.3, -0.25) is 0 Å². The van der Waals surface area contributed by atoms with Crippen LogP contribution in [0.4, 0.5) is 0 Å². The molecule has 2 heterocycles. The lowest BCUT2D eigenvalue weighted by Crippen LogP contribution is -1.92. The molecule has 0 saturated carbocycles. The van der Waals surface area contributed by atoms with E-state index in [9.17, 15) is 0 Å². The summed E-state index contributed by atoms with van der Waals surface area (Å²) in [5.74, 6) is 0. The van der Waals surface area contributed by atoms with Crippen molar-refractivity contribution in [2.75, 3.05) is 0 Å². The van der Waals surface area contributed by atoms with Gasteiger partial charge in [-0.25, -0.2) is 0 Å². The minimum Gasteiger partial charge on any atom is -0.309 e. The summed E-state index contributed by atoms with van der Waals surface area (Å²) in [6.45, 7) is 0. The summed E-state index contributed by atoms with van der Waals surface area (Å²) in [6, 6.07) is 110. The Hall–Kier alpha value is -10.3. The van der Waals surface area contributed by atoms with Gasteiger partial charge in [-0.2, -0.15) is 0 Å². The fourth-order valence-corrected chi connectivity index (χ4v) is 12.1. The molecule has 0 N–H and O–H groups in total. The largest absolute Gasteiger partial charge is 0.309 e. The number of rotatable bonds is 6. The Balaban J connectivity index is 0.000000136. The smallest absolute Gasteiger partial charge is 0.0541 e. The van der Waals surface area contributed by atoms with E-state index in [1.807, 2.05) is 0 Å². The molecule has 0 aliphatic carbocycles. The normalized spacial score (nSPS) is 11.6. The molecule has 16 aromatic rings. The van der Waals surface area contributed by atoms with Crippen LogP contribution in [-0.2, 0) is 0 Å². The van der Waals surface area contributed by atoms with Crippen LogP contribution in [0, 0.1) is 0 Å². The van der Waals surface area contributed by atoms with E-state index < -0.39 is 0 Å². The summed E-state index contributed by atoms with van der Waals surface area (Å²) >= 11 is 0. The van der Waals surface area contributed by atoms with Crippen LogP contribution in [0.5, 0.6) is 0 Å². The van der Waals surface area contributed by atoms with Crippen molar-refractivity contribution in [2.45, 2.75) is 0 Å². The van der Waals surface area contributed by atoms with E-state index in [0.717, 1.165) is 0 Å². The van der Waals surface area contributed by atoms with Crippen LogP contribution in [0.1, 0.15) is 0 Å². The summed E-state index contributed by atoms with van der Waals surface area (Å²) in [4.78, 5) is 0. The predicted molar refractivity (Wildman–Crippen MR) is 333 cm³/mol. The highest BCUT2D eigenvalue weighted by Gasteiger charge is 2.16. The van der Waals surface area contributed by atoms with Gasteiger partial charge in [0.1, 0.15) is 0 Å². The first-order valence-electron chi connectivity index (χ1n) is 26.9. The van der Waals surface area contributed by atoms with Crippen LogP contribution < -0.4 is 0 Å². The Labute approximate surface area is 452 Å². The van der Waals surface area contributed by atoms with Crippen molar-refractivity contribution in [1.29, 1.82) is 0 Å². The van der Waals surface area contributed by atoms with Gasteiger partial charge in [-0.05, 0) is 160 Å². The molecule has 2 aromatic heterocycles. The molecular weight excluding hydrogens is 941 g/mol. The number of aromatic nitrogens is 2.